The van der Waals surface area contributed by atoms with E-state index in [2.05, 4.69) is 36.8 Å². The second-order valence-electron chi connectivity index (χ2n) is 8.95. The number of halogens is 1. The van der Waals surface area contributed by atoms with Crippen molar-refractivity contribution in [3.8, 4) is 0 Å². The molecular weight excluding hydrogens is 398 g/mol. The molecule has 3 fully saturated rings. The average molecular weight is 428 g/mol. The standard InChI is InChI=1S/C23H30ClN5O/c24-18-4-2-17(3-5-18)12-21-14-28-16-22(30)13-20(28)15-29(21)19-6-10-27(11-7-19)23-25-8-1-9-26-23/h1-5,8-9,19-22,30H,6-7,10-16H2/t20-,21-,22-/m0/s1. The van der Waals surface area contributed by atoms with Gasteiger partial charge in [-0.15, -0.1) is 0 Å². The number of hydrogen-bond donors (Lipinski definition) is 1. The van der Waals surface area contributed by atoms with Gasteiger partial charge in [0.15, 0.2) is 0 Å². The van der Waals surface area contributed by atoms with Gasteiger partial charge in [0.2, 0.25) is 5.95 Å². The summed E-state index contributed by atoms with van der Waals surface area (Å²) in [4.78, 5) is 16.4. The van der Waals surface area contributed by atoms with Crippen LogP contribution < -0.4 is 4.90 Å². The molecule has 7 heteroatoms. The number of piperidine rings is 1. The summed E-state index contributed by atoms with van der Waals surface area (Å²) < 4.78 is 0. The van der Waals surface area contributed by atoms with Crippen LogP contribution in [0.3, 0.4) is 0 Å². The zero-order valence-corrected chi connectivity index (χ0v) is 18.0. The van der Waals surface area contributed by atoms with Gasteiger partial charge in [0.1, 0.15) is 0 Å². The van der Waals surface area contributed by atoms with Crippen molar-refractivity contribution in [2.45, 2.75) is 49.9 Å². The topological polar surface area (TPSA) is 55.7 Å². The molecule has 3 aliphatic heterocycles. The zero-order chi connectivity index (χ0) is 20.5. The van der Waals surface area contributed by atoms with Crippen LogP contribution in [0, 0.1) is 0 Å². The van der Waals surface area contributed by atoms with E-state index in [0.717, 1.165) is 69.4 Å². The van der Waals surface area contributed by atoms with E-state index in [1.54, 1.807) is 0 Å². The first-order valence-corrected chi connectivity index (χ1v) is 11.5. The van der Waals surface area contributed by atoms with E-state index in [0.29, 0.717) is 18.1 Å². The Morgan fingerprint density at radius 2 is 1.70 bits per heavy atom. The summed E-state index contributed by atoms with van der Waals surface area (Å²) in [6.45, 7) is 4.90. The van der Waals surface area contributed by atoms with Gasteiger partial charge < -0.3 is 10.0 Å². The predicted octanol–water partition coefficient (Wildman–Crippen LogP) is 2.46. The minimum atomic E-state index is -0.178. The third kappa shape index (κ3) is 4.33. The molecule has 160 valence electrons. The summed E-state index contributed by atoms with van der Waals surface area (Å²) in [5.41, 5.74) is 1.34. The maximum absolute atomic E-state index is 10.2. The Hall–Kier alpha value is -1.73. The van der Waals surface area contributed by atoms with Gasteiger partial charge in [-0.3, -0.25) is 9.80 Å². The smallest absolute Gasteiger partial charge is 0.225 e. The Kier molecular flexibility index (Phi) is 5.92. The molecule has 1 N–H and O–H groups in total. The van der Waals surface area contributed by atoms with Gasteiger partial charge in [-0.2, -0.15) is 0 Å². The molecule has 30 heavy (non-hydrogen) atoms. The Balaban J connectivity index is 1.29. The zero-order valence-electron chi connectivity index (χ0n) is 17.3. The molecule has 3 aliphatic rings. The van der Waals surface area contributed by atoms with Crippen LogP contribution in [-0.2, 0) is 6.42 Å². The van der Waals surface area contributed by atoms with Crippen LogP contribution >= 0.6 is 11.6 Å². The van der Waals surface area contributed by atoms with Crippen molar-refractivity contribution in [2.24, 2.45) is 0 Å². The summed E-state index contributed by atoms with van der Waals surface area (Å²) in [5, 5.41) is 11.0. The summed E-state index contributed by atoms with van der Waals surface area (Å²) >= 11 is 6.10. The Morgan fingerprint density at radius 3 is 2.43 bits per heavy atom. The lowest BCUT2D eigenvalue weighted by Crippen LogP contribution is -2.61. The number of piperazine rings is 1. The quantitative estimate of drug-likeness (QED) is 0.808. The van der Waals surface area contributed by atoms with Crippen molar-refractivity contribution in [1.82, 2.24) is 19.8 Å². The molecule has 5 rings (SSSR count). The molecule has 0 amide bonds. The molecule has 0 bridgehead atoms. The number of fused-ring (bicyclic) bond motifs is 1. The number of aliphatic hydroxyl groups is 1. The molecule has 1 aromatic heterocycles. The van der Waals surface area contributed by atoms with Crippen LogP contribution in [0.5, 0.6) is 0 Å². The van der Waals surface area contributed by atoms with Crippen LogP contribution in [0.25, 0.3) is 0 Å². The van der Waals surface area contributed by atoms with Gasteiger partial charge in [0.05, 0.1) is 6.10 Å². The van der Waals surface area contributed by atoms with E-state index in [4.69, 9.17) is 11.6 Å². The van der Waals surface area contributed by atoms with Crippen molar-refractivity contribution in [3.05, 3.63) is 53.3 Å². The Morgan fingerprint density at radius 1 is 0.967 bits per heavy atom. The lowest BCUT2D eigenvalue weighted by Gasteiger charge is -2.49. The summed E-state index contributed by atoms with van der Waals surface area (Å²) in [6.07, 6.45) is 7.65. The monoisotopic (exact) mass is 427 g/mol. The molecule has 6 nitrogen and oxygen atoms in total. The fourth-order valence-corrected chi connectivity index (χ4v) is 5.64. The Labute approximate surface area is 183 Å². The first-order valence-electron chi connectivity index (χ1n) is 11.1. The van der Waals surface area contributed by atoms with Crippen LogP contribution in [0.1, 0.15) is 24.8 Å². The van der Waals surface area contributed by atoms with Crippen LogP contribution in [0.2, 0.25) is 5.02 Å². The van der Waals surface area contributed by atoms with Gasteiger partial charge >= 0.3 is 0 Å². The predicted molar refractivity (Wildman–Crippen MR) is 119 cm³/mol. The molecule has 4 heterocycles. The third-order valence-electron chi connectivity index (χ3n) is 6.99. The summed E-state index contributed by atoms with van der Waals surface area (Å²) in [5.74, 6) is 0.845. The van der Waals surface area contributed by atoms with E-state index in [9.17, 15) is 5.11 Å². The van der Waals surface area contributed by atoms with Crippen molar-refractivity contribution < 1.29 is 5.11 Å². The molecular formula is C23H30ClN5O. The van der Waals surface area contributed by atoms with Crippen molar-refractivity contribution >= 4 is 17.5 Å². The van der Waals surface area contributed by atoms with Crippen LogP contribution in [0.4, 0.5) is 5.95 Å². The highest BCUT2D eigenvalue weighted by Gasteiger charge is 2.42. The fraction of sp³-hybridized carbons (Fsp3) is 0.565. The molecule has 3 atom stereocenters. The summed E-state index contributed by atoms with van der Waals surface area (Å²) in [7, 11) is 0. The molecule has 0 unspecified atom stereocenters. The number of aromatic nitrogens is 2. The number of aliphatic hydroxyl groups excluding tert-OH is 1. The lowest BCUT2D eigenvalue weighted by molar-refractivity contribution is 0.0121. The van der Waals surface area contributed by atoms with E-state index >= 15 is 0 Å². The molecule has 2 aromatic rings. The van der Waals surface area contributed by atoms with Crippen molar-refractivity contribution in [3.63, 3.8) is 0 Å². The van der Waals surface area contributed by atoms with E-state index in [1.807, 2.05) is 30.6 Å². The first kappa shape index (κ1) is 20.2. The molecule has 1 aromatic carbocycles. The molecule has 0 saturated carbocycles. The van der Waals surface area contributed by atoms with Crippen LogP contribution in [-0.4, -0.2) is 81.8 Å². The minimum Gasteiger partial charge on any atom is -0.392 e. The normalized spacial score (nSPS) is 28.6. The summed E-state index contributed by atoms with van der Waals surface area (Å²) in [6, 6.07) is 11.7. The highest BCUT2D eigenvalue weighted by atomic mass is 35.5. The minimum absolute atomic E-state index is 0.178. The lowest BCUT2D eigenvalue weighted by atomic mass is 9.94. The first-order chi connectivity index (χ1) is 14.7. The van der Waals surface area contributed by atoms with Gasteiger partial charge in [-0.05, 0) is 49.4 Å². The second-order valence-corrected chi connectivity index (χ2v) is 9.38. The van der Waals surface area contributed by atoms with Gasteiger partial charge in [0.25, 0.3) is 0 Å². The number of anilines is 1. The fourth-order valence-electron chi connectivity index (χ4n) is 5.51. The number of rotatable bonds is 4. The number of hydrogen-bond acceptors (Lipinski definition) is 6. The maximum Gasteiger partial charge on any atom is 0.225 e. The van der Waals surface area contributed by atoms with Gasteiger partial charge in [0, 0.05) is 68.3 Å². The van der Waals surface area contributed by atoms with Gasteiger partial charge in [-0.1, -0.05) is 23.7 Å². The highest BCUT2D eigenvalue weighted by molar-refractivity contribution is 6.30. The van der Waals surface area contributed by atoms with Crippen molar-refractivity contribution in [2.75, 3.05) is 37.6 Å². The van der Waals surface area contributed by atoms with E-state index < -0.39 is 0 Å². The molecule has 0 aliphatic carbocycles. The number of nitrogens with zero attached hydrogens (tertiary/aromatic N) is 5. The largest absolute Gasteiger partial charge is 0.392 e. The van der Waals surface area contributed by atoms with Gasteiger partial charge in [-0.25, -0.2) is 9.97 Å². The Bertz CT molecular complexity index is 827. The second kappa shape index (κ2) is 8.79. The number of benzene rings is 1. The van der Waals surface area contributed by atoms with Crippen molar-refractivity contribution in [1.29, 1.82) is 0 Å². The van der Waals surface area contributed by atoms with E-state index in [-0.39, 0.29) is 6.10 Å². The molecule has 0 radical (unpaired) electrons. The molecule has 3 saturated heterocycles. The highest BCUT2D eigenvalue weighted by Crippen LogP contribution is 2.31. The maximum atomic E-state index is 10.2. The van der Waals surface area contributed by atoms with E-state index in [1.165, 1.54) is 5.56 Å². The average Bonchev–Trinajstić information content (AvgIpc) is 3.14. The SMILES string of the molecule is O[C@H]1C[C@H]2CN(C3CCN(c4ncccn4)CC3)[C@@H](Cc3ccc(Cl)cc3)CN2C1. The molecule has 0 spiro atoms. The third-order valence-corrected chi connectivity index (χ3v) is 7.25. The van der Waals surface area contributed by atoms with Crippen LogP contribution in [0.15, 0.2) is 42.7 Å².